The van der Waals surface area contributed by atoms with Crippen LogP contribution in [-0.4, -0.2) is 34.8 Å². The summed E-state index contributed by atoms with van der Waals surface area (Å²) in [5, 5.41) is 11.8. The smallest absolute Gasteiger partial charge is 0.148 e. The minimum Gasteiger partial charge on any atom is -0.491 e. The molecule has 6 nitrogen and oxygen atoms in total. The van der Waals surface area contributed by atoms with Crippen LogP contribution in [0, 0.1) is 0 Å². The molecule has 6 heteroatoms. The van der Waals surface area contributed by atoms with Gasteiger partial charge in [-0.1, -0.05) is 17.3 Å². The van der Waals surface area contributed by atoms with E-state index in [1.54, 1.807) is 13.3 Å². The third kappa shape index (κ3) is 2.37. The van der Waals surface area contributed by atoms with Crippen LogP contribution in [0.15, 0.2) is 30.6 Å². The quantitative estimate of drug-likeness (QED) is 0.919. The van der Waals surface area contributed by atoms with Crippen LogP contribution < -0.4 is 10.1 Å². The van der Waals surface area contributed by atoms with E-state index >= 15 is 0 Å². The molecular formula is C17H22N4O2. The summed E-state index contributed by atoms with van der Waals surface area (Å²) in [5.41, 5.74) is 2.18. The van der Waals surface area contributed by atoms with Crippen LogP contribution in [-0.2, 0) is 10.3 Å². The summed E-state index contributed by atoms with van der Waals surface area (Å²) < 4.78 is 13.5. The van der Waals surface area contributed by atoms with Gasteiger partial charge in [0.05, 0.1) is 30.1 Å². The third-order valence-electron chi connectivity index (χ3n) is 5.12. The van der Waals surface area contributed by atoms with E-state index in [0.717, 1.165) is 36.3 Å². The zero-order valence-corrected chi connectivity index (χ0v) is 13.5. The highest BCUT2D eigenvalue weighted by Gasteiger charge is 2.50. The van der Waals surface area contributed by atoms with E-state index in [1.807, 2.05) is 10.9 Å². The van der Waals surface area contributed by atoms with Gasteiger partial charge in [-0.25, -0.2) is 4.68 Å². The second-order valence-electron chi connectivity index (χ2n) is 6.40. The number of nitrogens with zero attached hydrogens (tertiary/aromatic N) is 3. The molecule has 1 N–H and O–H groups in total. The van der Waals surface area contributed by atoms with Crippen molar-refractivity contribution in [2.75, 3.05) is 19.0 Å². The van der Waals surface area contributed by atoms with Crippen LogP contribution in [0.2, 0.25) is 0 Å². The molecule has 1 saturated carbocycles. The van der Waals surface area contributed by atoms with E-state index in [9.17, 15) is 0 Å². The highest BCUT2D eigenvalue weighted by Crippen LogP contribution is 2.48. The number of ether oxygens (including phenoxy) is 2. The second-order valence-corrected chi connectivity index (χ2v) is 6.40. The first-order chi connectivity index (χ1) is 11.2. The molecule has 2 aromatic rings. The van der Waals surface area contributed by atoms with Gasteiger partial charge in [0, 0.05) is 31.3 Å². The van der Waals surface area contributed by atoms with Crippen molar-refractivity contribution in [3.05, 3.63) is 36.2 Å². The standard InChI is InChI=1S/C17H22N4O2/c1-12(17(7-8-17)21-10-9-18-20-21)19-14-5-3-4-13-15(22-2)6-11-23-16(13)14/h3-5,9-10,12,15,19H,6-8,11H2,1-2H3. The van der Waals surface area contributed by atoms with E-state index in [2.05, 4.69) is 40.8 Å². The maximum absolute atomic E-state index is 5.93. The lowest BCUT2D eigenvalue weighted by atomic mass is 10.0. The van der Waals surface area contributed by atoms with E-state index < -0.39 is 0 Å². The Balaban J connectivity index is 1.60. The van der Waals surface area contributed by atoms with Gasteiger partial charge in [-0.15, -0.1) is 5.10 Å². The summed E-state index contributed by atoms with van der Waals surface area (Å²) in [6.07, 6.45) is 6.92. The lowest BCUT2D eigenvalue weighted by molar-refractivity contribution is 0.0639. The van der Waals surface area contributed by atoms with Crippen molar-refractivity contribution in [1.29, 1.82) is 0 Å². The minimum atomic E-state index is 0.0224. The molecule has 2 heterocycles. The topological polar surface area (TPSA) is 61.2 Å². The number of hydrogen-bond acceptors (Lipinski definition) is 5. The maximum atomic E-state index is 5.93. The van der Waals surface area contributed by atoms with Crippen LogP contribution >= 0.6 is 0 Å². The third-order valence-corrected chi connectivity index (χ3v) is 5.12. The van der Waals surface area contributed by atoms with Crippen LogP contribution in [0.4, 0.5) is 5.69 Å². The molecule has 1 aliphatic heterocycles. The number of fused-ring (bicyclic) bond motifs is 1. The molecule has 1 fully saturated rings. The van der Waals surface area contributed by atoms with Crippen molar-refractivity contribution in [3.8, 4) is 5.75 Å². The van der Waals surface area contributed by atoms with Gasteiger partial charge in [0.1, 0.15) is 5.75 Å². The van der Waals surface area contributed by atoms with Crippen molar-refractivity contribution < 1.29 is 9.47 Å². The van der Waals surface area contributed by atoms with Crippen LogP contribution in [0.5, 0.6) is 5.75 Å². The average Bonchev–Trinajstić information content (AvgIpc) is 3.21. The molecule has 122 valence electrons. The Hall–Kier alpha value is -2.08. The fraction of sp³-hybridized carbons (Fsp3) is 0.529. The predicted molar refractivity (Wildman–Crippen MR) is 86.6 cm³/mol. The normalized spacial score (nSPS) is 22.8. The summed E-state index contributed by atoms with van der Waals surface area (Å²) in [5.74, 6) is 0.923. The van der Waals surface area contributed by atoms with Crippen molar-refractivity contribution >= 4 is 5.69 Å². The van der Waals surface area contributed by atoms with Crippen molar-refractivity contribution in [1.82, 2.24) is 15.0 Å². The number of anilines is 1. The van der Waals surface area contributed by atoms with E-state index in [0.29, 0.717) is 6.61 Å². The molecule has 0 spiro atoms. The summed E-state index contributed by atoms with van der Waals surface area (Å²) in [6.45, 7) is 2.89. The molecule has 2 aliphatic rings. The fourth-order valence-electron chi connectivity index (χ4n) is 3.55. The fourth-order valence-corrected chi connectivity index (χ4v) is 3.55. The Morgan fingerprint density at radius 3 is 3.00 bits per heavy atom. The number of para-hydroxylation sites is 1. The SMILES string of the molecule is COC1CCOc2c(NC(C)C3(n4ccnn4)CC3)cccc21. The molecule has 0 bridgehead atoms. The molecule has 1 aliphatic carbocycles. The molecule has 2 unspecified atom stereocenters. The van der Waals surface area contributed by atoms with Gasteiger partial charge in [0.2, 0.25) is 0 Å². The molecule has 1 aromatic heterocycles. The summed E-state index contributed by atoms with van der Waals surface area (Å²) >= 11 is 0. The molecule has 1 aromatic carbocycles. The Kier molecular flexibility index (Phi) is 3.49. The summed E-state index contributed by atoms with van der Waals surface area (Å²) in [6, 6.07) is 6.46. The van der Waals surface area contributed by atoms with Gasteiger partial charge < -0.3 is 14.8 Å². The van der Waals surface area contributed by atoms with Gasteiger partial charge in [0.25, 0.3) is 0 Å². The predicted octanol–water partition coefficient (Wildman–Crippen LogP) is 2.74. The Morgan fingerprint density at radius 2 is 2.30 bits per heavy atom. The highest BCUT2D eigenvalue weighted by atomic mass is 16.5. The van der Waals surface area contributed by atoms with Gasteiger partial charge in [-0.05, 0) is 25.8 Å². The van der Waals surface area contributed by atoms with Crippen molar-refractivity contribution in [2.45, 2.75) is 43.9 Å². The van der Waals surface area contributed by atoms with E-state index in [1.165, 1.54) is 0 Å². The van der Waals surface area contributed by atoms with E-state index in [-0.39, 0.29) is 17.7 Å². The first kappa shape index (κ1) is 14.5. The minimum absolute atomic E-state index is 0.0224. The highest BCUT2D eigenvalue weighted by molar-refractivity contribution is 5.62. The first-order valence-corrected chi connectivity index (χ1v) is 8.16. The lowest BCUT2D eigenvalue weighted by Gasteiger charge is -2.30. The number of benzene rings is 1. The molecule has 23 heavy (non-hydrogen) atoms. The summed E-state index contributed by atoms with van der Waals surface area (Å²) in [7, 11) is 1.76. The van der Waals surface area contributed by atoms with Gasteiger partial charge in [0.15, 0.2) is 0 Å². The van der Waals surface area contributed by atoms with Gasteiger partial charge in [-0.3, -0.25) is 0 Å². The molecule has 0 radical (unpaired) electrons. The van der Waals surface area contributed by atoms with Crippen LogP contribution in [0.1, 0.15) is 37.9 Å². The second kappa shape index (κ2) is 5.53. The first-order valence-electron chi connectivity index (χ1n) is 8.16. The lowest BCUT2D eigenvalue weighted by Crippen LogP contribution is -2.36. The number of nitrogens with one attached hydrogen (secondary N) is 1. The Morgan fingerprint density at radius 1 is 1.43 bits per heavy atom. The number of methoxy groups -OCH3 is 1. The maximum Gasteiger partial charge on any atom is 0.148 e. The van der Waals surface area contributed by atoms with Crippen LogP contribution in [0.25, 0.3) is 0 Å². The summed E-state index contributed by atoms with van der Waals surface area (Å²) in [4.78, 5) is 0. The van der Waals surface area contributed by atoms with Crippen molar-refractivity contribution in [3.63, 3.8) is 0 Å². The molecule has 2 atom stereocenters. The number of rotatable bonds is 5. The zero-order chi connectivity index (χ0) is 15.9. The number of aromatic nitrogens is 3. The molecule has 4 rings (SSSR count). The largest absolute Gasteiger partial charge is 0.491 e. The average molecular weight is 314 g/mol. The van der Waals surface area contributed by atoms with Gasteiger partial charge in [-0.2, -0.15) is 0 Å². The van der Waals surface area contributed by atoms with Gasteiger partial charge >= 0.3 is 0 Å². The number of hydrogen-bond donors (Lipinski definition) is 1. The monoisotopic (exact) mass is 314 g/mol. The Labute approximate surface area is 135 Å². The van der Waals surface area contributed by atoms with Crippen molar-refractivity contribution in [2.24, 2.45) is 0 Å². The van der Waals surface area contributed by atoms with E-state index in [4.69, 9.17) is 9.47 Å². The Bertz CT molecular complexity index is 682. The van der Waals surface area contributed by atoms with Crippen LogP contribution in [0.3, 0.4) is 0 Å². The molecule has 0 amide bonds. The zero-order valence-electron chi connectivity index (χ0n) is 13.5. The molecule has 0 saturated heterocycles. The molecular weight excluding hydrogens is 292 g/mol.